The molecule has 1 saturated carbocycles. The monoisotopic (exact) mass is 290 g/mol. The number of ether oxygens (including phenoxy) is 1. The summed E-state index contributed by atoms with van der Waals surface area (Å²) in [6.07, 6.45) is 5.07. The summed E-state index contributed by atoms with van der Waals surface area (Å²) in [6.45, 7) is 0. The smallest absolute Gasteiger partial charge is 0.252 e. The van der Waals surface area contributed by atoms with Crippen molar-refractivity contribution >= 4 is 28.9 Å². The zero-order chi connectivity index (χ0) is 14.2. The number of anilines is 1. The van der Waals surface area contributed by atoms with Crippen LogP contribution in [-0.4, -0.2) is 23.7 Å². The summed E-state index contributed by atoms with van der Waals surface area (Å²) < 4.78 is 5.18. The molecule has 1 heterocycles. The molecule has 2 aliphatic rings. The lowest BCUT2D eigenvalue weighted by atomic mass is 9.80. The average molecular weight is 290 g/mol. The molecule has 3 rings (SSSR count). The molecule has 1 saturated heterocycles. The molecular formula is C15H18N2O2S. The fourth-order valence-corrected chi connectivity index (χ4v) is 3.62. The molecule has 1 aliphatic heterocycles. The Morgan fingerprint density at radius 2 is 1.85 bits per heavy atom. The normalized spacial score (nSPS) is 21.1. The molecule has 0 aromatic heterocycles. The molecule has 0 unspecified atom stereocenters. The van der Waals surface area contributed by atoms with Gasteiger partial charge in [-0.15, -0.1) is 0 Å². The maximum atomic E-state index is 12.4. The fraction of sp³-hybridized carbons (Fsp3) is 0.467. The molecule has 2 fully saturated rings. The van der Waals surface area contributed by atoms with Crippen LogP contribution in [0.25, 0.3) is 0 Å². The van der Waals surface area contributed by atoms with Gasteiger partial charge in [0, 0.05) is 5.69 Å². The molecule has 1 aliphatic carbocycles. The number of nitrogens with zero attached hydrogens (tertiary/aromatic N) is 1. The zero-order valence-electron chi connectivity index (χ0n) is 11.5. The molecule has 1 spiro atoms. The SMILES string of the molecule is COc1ccc(N2C(=S)NC(=O)C23CCCCC3)cc1. The molecule has 1 N–H and O–H groups in total. The Hall–Kier alpha value is -1.62. The van der Waals surface area contributed by atoms with Crippen molar-refractivity contribution in [3.8, 4) is 5.75 Å². The summed E-state index contributed by atoms with van der Waals surface area (Å²) in [4.78, 5) is 14.4. The van der Waals surface area contributed by atoms with Gasteiger partial charge in [-0.25, -0.2) is 0 Å². The van der Waals surface area contributed by atoms with E-state index >= 15 is 0 Å². The Morgan fingerprint density at radius 1 is 1.20 bits per heavy atom. The zero-order valence-corrected chi connectivity index (χ0v) is 12.3. The first kappa shape index (κ1) is 13.4. The highest BCUT2D eigenvalue weighted by atomic mass is 32.1. The van der Waals surface area contributed by atoms with Gasteiger partial charge in [0.05, 0.1) is 7.11 Å². The molecule has 4 nitrogen and oxygen atoms in total. The summed E-state index contributed by atoms with van der Waals surface area (Å²) in [6, 6.07) is 7.72. The number of methoxy groups -OCH3 is 1. The maximum absolute atomic E-state index is 12.4. The topological polar surface area (TPSA) is 41.6 Å². The van der Waals surface area contributed by atoms with Crippen LogP contribution in [0.1, 0.15) is 32.1 Å². The van der Waals surface area contributed by atoms with E-state index in [9.17, 15) is 4.79 Å². The van der Waals surface area contributed by atoms with Crippen molar-refractivity contribution in [2.45, 2.75) is 37.6 Å². The van der Waals surface area contributed by atoms with E-state index in [0.29, 0.717) is 5.11 Å². The number of benzene rings is 1. The molecule has 0 radical (unpaired) electrons. The first-order valence-corrected chi connectivity index (χ1v) is 7.38. The minimum atomic E-state index is -0.482. The number of nitrogens with one attached hydrogen (secondary N) is 1. The van der Waals surface area contributed by atoms with Crippen LogP contribution in [0, 0.1) is 0 Å². The second-order valence-corrected chi connectivity index (χ2v) is 5.77. The van der Waals surface area contributed by atoms with Crippen LogP contribution in [0.4, 0.5) is 5.69 Å². The summed E-state index contributed by atoms with van der Waals surface area (Å²) in [5.74, 6) is 0.855. The third-order valence-corrected chi connectivity index (χ3v) is 4.57. The standard InChI is InChI=1S/C15H18N2O2S/c1-19-12-7-5-11(6-8-12)17-14(20)16-13(18)15(17)9-3-2-4-10-15/h5-8H,2-4,9-10H2,1H3,(H,16,18,20). The van der Waals surface area contributed by atoms with E-state index < -0.39 is 5.54 Å². The van der Waals surface area contributed by atoms with E-state index in [-0.39, 0.29) is 5.91 Å². The van der Waals surface area contributed by atoms with Crippen molar-refractivity contribution in [2.24, 2.45) is 0 Å². The van der Waals surface area contributed by atoms with Crippen LogP contribution in [0.2, 0.25) is 0 Å². The molecule has 0 atom stereocenters. The van der Waals surface area contributed by atoms with Crippen LogP contribution in [0.3, 0.4) is 0 Å². The first-order valence-electron chi connectivity index (χ1n) is 6.97. The van der Waals surface area contributed by atoms with Crippen molar-refractivity contribution in [3.63, 3.8) is 0 Å². The Labute approximate surface area is 124 Å². The lowest BCUT2D eigenvalue weighted by Crippen LogP contribution is -2.51. The van der Waals surface area contributed by atoms with Crippen molar-refractivity contribution in [2.75, 3.05) is 12.0 Å². The van der Waals surface area contributed by atoms with Gasteiger partial charge in [-0.1, -0.05) is 19.3 Å². The van der Waals surface area contributed by atoms with Crippen LogP contribution in [0.5, 0.6) is 5.75 Å². The lowest BCUT2D eigenvalue weighted by molar-refractivity contribution is -0.124. The highest BCUT2D eigenvalue weighted by molar-refractivity contribution is 7.80. The van der Waals surface area contributed by atoms with Crippen molar-refractivity contribution in [3.05, 3.63) is 24.3 Å². The van der Waals surface area contributed by atoms with E-state index in [4.69, 9.17) is 17.0 Å². The third-order valence-electron chi connectivity index (χ3n) is 4.29. The van der Waals surface area contributed by atoms with Crippen LogP contribution < -0.4 is 15.0 Å². The van der Waals surface area contributed by atoms with Gasteiger partial charge in [-0.2, -0.15) is 0 Å². The van der Waals surface area contributed by atoms with E-state index in [1.165, 1.54) is 6.42 Å². The van der Waals surface area contributed by atoms with Crippen LogP contribution in [0.15, 0.2) is 24.3 Å². The second-order valence-electron chi connectivity index (χ2n) is 5.38. The summed E-state index contributed by atoms with van der Waals surface area (Å²) in [5.41, 5.74) is 0.472. The van der Waals surface area contributed by atoms with E-state index in [0.717, 1.165) is 37.1 Å². The largest absolute Gasteiger partial charge is 0.497 e. The molecule has 1 aromatic rings. The Balaban J connectivity index is 1.99. The maximum Gasteiger partial charge on any atom is 0.252 e. The molecule has 1 aromatic carbocycles. The van der Waals surface area contributed by atoms with Crippen LogP contribution in [-0.2, 0) is 4.79 Å². The number of hydrogen-bond donors (Lipinski definition) is 1. The van der Waals surface area contributed by atoms with E-state index in [1.807, 2.05) is 29.2 Å². The highest BCUT2D eigenvalue weighted by Crippen LogP contribution is 2.40. The molecule has 20 heavy (non-hydrogen) atoms. The first-order chi connectivity index (χ1) is 9.67. The Bertz CT molecular complexity index is 535. The van der Waals surface area contributed by atoms with Crippen molar-refractivity contribution in [1.82, 2.24) is 5.32 Å². The summed E-state index contributed by atoms with van der Waals surface area (Å²) >= 11 is 5.38. The minimum Gasteiger partial charge on any atom is -0.497 e. The predicted molar refractivity (Wildman–Crippen MR) is 82.0 cm³/mol. The van der Waals surface area contributed by atoms with E-state index in [2.05, 4.69) is 5.32 Å². The Kier molecular flexibility index (Phi) is 3.38. The lowest BCUT2D eigenvalue weighted by Gasteiger charge is -2.39. The molecule has 5 heteroatoms. The molecule has 0 bridgehead atoms. The quantitative estimate of drug-likeness (QED) is 0.850. The number of rotatable bonds is 2. The van der Waals surface area contributed by atoms with Gasteiger partial charge >= 0.3 is 0 Å². The third kappa shape index (κ3) is 1.97. The Morgan fingerprint density at radius 3 is 2.45 bits per heavy atom. The molecule has 106 valence electrons. The van der Waals surface area contributed by atoms with Gasteiger partial charge in [-0.05, 0) is 49.3 Å². The molecular weight excluding hydrogens is 272 g/mol. The van der Waals surface area contributed by atoms with Gasteiger partial charge in [-0.3, -0.25) is 4.79 Å². The number of carbonyl (C=O) groups excluding carboxylic acids is 1. The van der Waals surface area contributed by atoms with Crippen molar-refractivity contribution in [1.29, 1.82) is 0 Å². The average Bonchev–Trinajstić information content (AvgIpc) is 2.71. The highest BCUT2D eigenvalue weighted by Gasteiger charge is 2.51. The predicted octanol–water partition coefficient (Wildman–Crippen LogP) is 2.62. The van der Waals surface area contributed by atoms with Crippen LogP contribution >= 0.6 is 12.2 Å². The fourth-order valence-electron chi connectivity index (χ4n) is 3.25. The molecule has 1 amide bonds. The van der Waals surface area contributed by atoms with Gasteiger partial charge in [0.25, 0.3) is 5.91 Å². The summed E-state index contributed by atoms with van der Waals surface area (Å²) in [5, 5.41) is 3.36. The number of amides is 1. The summed E-state index contributed by atoms with van der Waals surface area (Å²) in [7, 11) is 1.64. The van der Waals surface area contributed by atoms with Gasteiger partial charge in [0.2, 0.25) is 0 Å². The van der Waals surface area contributed by atoms with Gasteiger partial charge < -0.3 is 15.0 Å². The number of hydrogen-bond acceptors (Lipinski definition) is 3. The second kappa shape index (κ2) is 5.05. The van der Waals surface area contributed by atoms with Gasteiger partial charge in [0.1, 0.15) is 11.3 Å². The number of carbonyl (C=O) groups is 1. The van der Waals surface area contributed by atoms with E-state index in [1.54, 1.807) is 7.11 Å². The van der Waals surface area contributed by atoms with Crippen molar-refractivity contribution < 1.29 is 9.53 Å². The van der Waals surface area contributed by atoms with Gasteiger partial charge in [0.15, 0.2) is 5.11 Å². The minimum absolute atomic E-state index is 0.0537. The number of thiocarbonyl (C=S) groups is 1.